The average molecular weight is 382 g/mol. The smallest absolute Gasteiger partial charge is 0.255 e. The molecule has 2 aromatic heterocycles. The summed E-state index contributed by atoms with van der Waals surface area (Å²) in [7, 11) is 0. The summed E-state index contributed by atoms with van der Waals surface area (Å²) >= 11 is 0. The van der Waals surface area contributed by atoms with E-state index in [0.717, 1.165) is 34.8 Å². The van der Waals surface area contributed by atoms with Crippen molar-refractivity contribution in [3.63, 3.8) is 0 Å². The highest BCUT2D eigenvalue weighted by atomic mass is 16.5. The molecule has 0 atom stereocenters. The number of fused-ring (bicyclic) bond motifs is 2. The van der Waals surface area contributed by atoms with Crippen molar-refractivity contribution in [1.82, 2.24) is 19.9 Å². The highest BCUT2D eigenvalue weighted by Gasteiger charge is 2.43. The fourth-order valence-corrected chi connectivity index (χ4v) is 4.53. The van der Waals surface area contributed by atoms with Crippen molar-refractivity contribution >= 4 is 11.7 Å². The zero-order chi connectivity index (χ0) is 20.1. The predicted octanol–water partition coefficient (Wildman–Crippen LogP) is 2.64. The van der Waals surface area contributed by atoms with Crippen molar-refractivity contribution < 1.29 is 14.3 Å². The summed E-state index contributed by atoms with van der Waals surface area (Å²) in [5, 5.41) is 0. The number of ether oxygens (including phenoxy) is 1. The van der Waals surface area contributed by atoms with E-state index < -0.39 is 5.60 Å². The topological polar surface area (TPSA) is 88.2 Å². The summed E-state index contributed by atoms with van der Waals surface area (Å²) < 4.78 is 6.23. The van der Waals surface area contributed by atoms with E-state index in [1.54, 1.807) is 0 Å². The molecular formula is C21H26N4O3. The molecule has 4 heterocycles. The van der Waals surface area contributed by atoms with Crippen molar-refractivity contribution in [1.29, 1.82) is 0 Å². The molecule has 1 spiro atoms. The van der Waals surface area contributed by atoms with Gasteiger partial charge >= 0.3 is 0 Å². The zero-order valence-electron chi connectivity index (χ0n) is 16.9. The molecule has 0 bridgehead atoms. The van der Waals surface area contributed by atoms with Gasteiger partial charge in [-0.05, 0) is 51.2 Å². The number of hydrogen-bond donors (Lipinski definition) is 1. The second-order valence-corrected chi connectivity index (χ2v) is 7.86. The van der Waals surface area contributed by atoms with Crippen LogP contribution in [-0.4, -0.2) is 51.2 Å². The van der Waals surface area contributed by atoms with E-state index in [0.29, 0.717) is 43.8 Å². The minimum Gasteiger partial charge on any atom is -0.368 e. The van der Waals surface area contributed by atoms with E-state index in [1.165, 1.54) is 6.92 Å². The average Bonchev–Trinajstić information content (AvgIpc) is 2.97. The second kappa shape index (κ2) is 6.81. The number of rotatable bonds is 2. The Balaban J connectivity index is 1.57. The predicted molar refractivity (Wildman–Crippen MR) is 104 cm³/mol. The summed E-state index contributed by atoms with van der Waals surface area (Å²) in [5.74, 6) is 0.667. The van der Waals surface area contributed by atoms with E-state index in [1.807, 2.05) is 31.9 Å². The number of piperidine rings is 1. The lowest BCUT2D eigenvalue weighted by Crippen LogP contribution is -2.49. The fraction of sp³-hybridized carbons (Fsp3) is 0.524. The summed E-state index contributed by atoms with van der Waals surface area (Å²) in [6.45, 7) is 8.94. The number of amides is 1. The number of carbonyl (C=O) groups is 2. The number of Topliss-reactive ketones (excluding diaryl/α,β-unsaturated/α-hetero) is 1. The van der Waals surface area contributed by atoms with Crippen LogP contribution in [0.25, 0.3) is 0 Å². The van der Waals surface area contributed by atoms with E-state index in [-0.39, 0.29) is 11.7 Å². The number of aryl methyl sites for hydroxylation is 2. The molecule has 2 aliphatic heterocycles. The van der Waals surface area contributed by atoms with Crippen LogP contribution in [0, 0.1) is 20.8 Å². The molecule has 1 fully saturated rings. The molecule has 0 radical (unpaired) electrons. The normalized spacial score (nSPS) is 18.2. The highest BCUT2D eigenvalue weighted by molar-refractivity contribution is 6.02. The summed E-state index contributed by atoms with van der Waals surface area (Å²) in [6, 6.07) is 0. The first-order valence-electron chi connectivity index (χ1n) is 9.79. The molecule has 0 saturated carbocycles. The monoisotopic (exact) mass is 382 g/mol. The van der Waals surface area contributed by atoms with Gasteiger partial charge in [0, 0.05) is 31.9 Å². The molecule has 0 unspecified atom stereocenters. The summed E-state index contributed by atoms with van der Waals surface area (Å²) in [4.78, 5) is 38.9. The van der Waals surface area contributed by atoms with Crippen LogP contribution in [0.4, 0.5) is 0 Å². The Morgan fingerprint density at radius 1 is 1.21 bits per heavy atom. The molecule has 2 aromatic rings. The maximum absolute atomic E-state index is 13.2. The van der Waals surface area contributed by atoms with Crippen molar-refractivity contribution in [2.45, 2.75) is 52.6 Å². The van der Waals surface area contributed by atoms with E-state index in [2.05, 4.69) is 15.0 Å². The number of nitrogens with one attached hydrogen (secondary N) is 1. The lowest BCUT2D eigenvalue weighted by atomic mass is 9.83. The molecule has 148 valence electrons. The van der Waals surface area contributed by atoms with Gasteiger partial charge in [0.1, 0.15) is 11.4 Å². The van der Waals surface area contributed by atoms with Gasteiger partial charge in [0.05, 0.1) is 23.6 Å². The third kappa shape index (κ3) is 2.94. The second-order valence-electron chi connectivity index (χ2n) is 7.86. The van der Waals surface area contributed by atoms with Crippen LogP contribution < -0.4 is 0 Å². The van der Waals surface area contributed by atoms with Gasteiger partial charge in [-0.3, -0.25) is 9.59 Å². The van der Waals surface area contributed by atoms with E-state index >= 15 is 0 Å². The first kappa shape index (κ1) is 18.8. The maximum Gasteiger partial charge on any atom is 0.255 e. The number of aromatic nitrogens is 3. The molecule has 7 nitrogen and oxygen atoms in total. The van der Waals surface area contributed by atoms with Gasteiger partial charge in [-0.2, -0.15) is 0 Å². The van der Waals surface area contributed by atoms with Crippen LogP contribution >= 0.6 is 0 Å². The number of aromatic amines is 1. The van der Waals surface area contributed by atoms with Crippen molar-refractivity contribution in [2.24, 2.45) is 0 Å². The van der Waals surface area contributed by atoms with Crippen molar-refractivity contribution in [2.75, 3.05) is 19.7 Å². The van der Waals surface area contributed by atoms with Crippen LogP contribution in [0.15, 0.2) is 6.20 Å². The highest BCUT2D eigenvalue weighted by Crippen LogP contribution is 2.40. The molecular weight excluding hydrogens is 356 g/mol. The van der Waals surface area contributed by atoms with Crippen molar-refractivity contribution in [3.8, 4) is 0 Å². The number of nitrogens with zero attached hydrogens (tertiary/aromatic N) is 3. The Hall–Kier alpha value is -2.54. The quantitative estimate of drug-likeness (QED) is 0.807. The first-order valence-corrected chi connectivity index (χ1v) is 9.79. The van der Waals surface area contributed by atoms with Crippen molar-refractivity contribution in [3.05, 3.63) is 45.8 Å². The SMILES string of the molecule is CC(=O)c1[nH]c(C)c(C(=O)N2CCC3(CC2)OCCc2cnc(C)nc23)c1C. The van der Waals surface area contributed by atoms with Crippen LogP contribution in [0.2, 0.25) is 0 Å². The van der Waals surface area contributed by atoms with Gasteiger partial charge < -0.3 is 14.6 Å². The number of H-pyrrole nitrogens is 1. The number of ketones is 1. The number of likely N-dealkylation sites (tertiary alicyclic amines) is 1. The Labute approximate surface area is 164 Å². The molecule has 28 heavy (non-hydrogen) atoms. The van der Waals surface area contributed by atoms with Gasteiger partial charge in [-0.15, -0.1) is 0 Å². The van der Waals surface area contributed by atoms with Crippen LogP contribution in [-0.2, 0) is 16.8 Å². The largest absolute Gasteiger partial charge is 0.368 e. The molecule has 2 aliphatic rings. The molecule has 0 aliphatic carbocycles. The van der Waals surface area contributed by atoms with Crippen LogP contribution in [0.3, 0.4) is 0 Å². The molecule has 4 rings (SSSR count). The first-order chi connectivity index (χ1) is 13.3. The van der Waals surface area contributed by atoms with Gasteiger partial charge in [-0.1, -0.05) is 0 Å². The van der Waals surface area contributed by atoms with Crippen LogP contribution in [0.1, 0.15) is 69.0 Å². The molecule has 1 amide bonds. The standard InChI is InChI=1S/C21H26N4O3/c1-12-17(13(2)23-18(12)14(3)26)20(27)25-8-6-21(7-9-25)19-16(5-10-28-21)11-22-15(4)24-19/h11,23H,5-10H2,1-4H3. The Bertz CT molecular complexity index is 955. The third-order valence-corrected chi connectivity index (χ3v) is 6.03. The van der Waals surface area contributed by atoms with E-state index in [4.69, 9.17) is 4.74 Å². The minimum absolute atomic E-state index is 0.0245. The summed E-state index contributed by atoms with van der Waals surface area (Å²) in [6.07, 6.45) is 4.17. The maximum atomic E-state index is 13.2. The van der Waals surface area contributed by atoms with Gasteiger partial charge in [0.25, 0.3) is 5.91 Å². The third-order valence-electron chi connectivity index (χ3n) is 6.03. The summed E-state index contributed by atoms with van der Waals surface area (Å²) in [5.41, 5.74) is 4.33. The fourth-order valence-electron chi connectivity index (χ4n) is 4.53. The van der Waals surface area contributed by atoms with Gasteiger partial charge in [-0.25, -0.2) is 9.97 Å². The molecule has 1 saturated heterocycles. The lowest BCUT2D eigenvalue weighted by molar-refractivity contribution is -0.0969. The number of carbonyl (C=O) groups excluding carboxylic acids is 2. The Morgan fingerprint density at radius 3 is 2.57 bits per heavy atom. The van der Waals surface area contributed by atoms with Gasteiger partial charge in [0.2, 0.25) is 0 Å². The zero-order valence-corrected chi connectivity index (χ0v) is 16.9. The Morgan fingerprint density at radius 2 is 1.93 bits per heavy atom. The van der Waals surface area contributed by atoms with Gasteiger partial charge in [0.15, 0.2) is 5.78 Å². The lowest BCUT2D eigenvalue weighted by Gasteiger charge is -2.44. The molecule has 0 aromatic carbocycles. The number of hydrogen-bond acceptors (Lipinski definition) is 5. The molecule has 1 N–H and O–H groups in total. The van der Waals surface area contributed by atoms with Crippen LogP contribution in [0.5, 0.6) is 0 Å². The van der Waals surface area contributed by atoms with E-state index in [9.17, 15) is 9.59 Å². The molecule has 7 heteroatoms. The Kier molecular flexibility index (Phi) is 4.57. The minimum atomic E-state index is -0.426.